The van der Waals surface area contributed by atoms with E-state index in [-0.39, 0.29) is 4.90 Å². The van der Waals surface area contributed by atoms with Crippen LogP contribution >= 0.6 is 0 Å². The van der Waals surface area contributed by atoms with Gasteiger partial charge in [0.15, 0.2) is 0 Å². The highest BCUT2D eigenvalue weighted by molar-refractivity contribution is 7.90. The Hall–Kier alpha value is -3.09. The molecule has 0 spiro atoms. The van der Waals surface area contributed by atoms with Crippen LogP contribution in [0.25, 0.3) is 22.0 Å². The number of rotatable bonds is 4. The zero-order valence-corrected chi connectivity index (χ0v) is 17.3. The van der Waals surface area contributed by atoms with E-state index in [0.29, 0.717) is 5.52 Å². The Morgan fingerprint density at radius 3 is 2.20 bits per heavy atom. The van der Waals surface area contributed by atoms with E-state index in [1.807, 2.05) is 60.7 Å². The lowest BCUT2D eigenvalue weighted by Crippen LogP contribution is -2.43. The summed E-state index contributed by atoms with van der Waals surface area (Å²) in [6.45, 7) is 3.84. The van der Waals surface area contributed by atoms with Crippen LogP contribution in [0.3, 0.4) is 0 Å². The second kappa shape index (κ2) is 7.63. The smallest absolute Gasteiger partial charge is 0.268 e. The van der Waals surface area contributed by atoms with Crippen molar-refractivity contribution in [1.29, 1.82) is 0 Å². The van der Waals surface area contributed by atoms with Crippen LogP contribution in [0.5, 0.6) is 0 Å². The number of piperazine rings is 1. The molecule has 0 radical (unpaired) electrons. The number of hydrogen-bond acceptors (Lipinski definition) is 4. The molecule has 5 nitrogen and oxygen atoms in total. The van der Waals surface area contributed by atoms with E-state index in [1.165, 1.54) is 3.97 Å². The lowest BCUT2D eigenvalue weighted by molar-refractivity contribution is 0.589. The SMILES string of the molecule is O=S(=O)(c1ccc(-c2ccccc2)cc1)n1ccc2cc(N3CCNCC3)ccc21. The molecule has 0 atom stereocenters. The van der Waals surface area contributed by atoms with Gasteiger partial charge in [0.2, 0.25) is 0 Å². The van der Waals surface area contributed by atoms with Crippen molar-refractivity contribution >= 4 is 26.6 Å². The molecule has 1 aromatic heterocycles. The largest absolute Gasteiger partial charge is 0.369 e. The van der Waals surface area contributed by atoms with Crippen LogP contribution in [-0.2, 0) is 10.0 Å². The average molecular weight is 418 g/mol. The fourth-order valence-electron chi connectivity index (χ4n) is 4.00. The fourth-order valence-corrected chi connectivity index (χ4v) is 5.35. The summed E-state index contributed by atoms with van der Waals surface area (Å²) in [6.07, 6.45) is 1.65. The maximum Gasteiger partial charge on any atom is 0.268 e. The molecule has 4 aromatic rings. The summed E-state index contributed by atoms with van der Waals surface area (Å²) < 4.78 is 28.0. The molecule has 1 N–H and O–H groups in total. The second-order valence-corrected chi connectivity index (χ2v) is 9.30. The summed E-state index contributed by atoms with van der Waals surface area (Å²) in [7, 11) is -3.67. The van der Waals surface area contributed by atoms with E-state index in [0.717, 1.165) is 48.4 Å². The van der Waals surface area contributed by atoms with Gasteiger partial charge in [-0.1, -0.05) is 42.5 Å². The molecule has 30 heavy (non-hydrogen) atoms. The zero-order valence-electron chi connectivity index (χ0n) is 16.5. The molecule has 1 saturated heterocycles. The molecular formula is C24H23N3O2S. The van der Waals surface area contributed by atoms with Crippen molar-refractivity contribution in [3.05, 3.63) is 85.1 Å². The molecule has 0 saturated carbocycles. The molecule has 0 aliphatic carbocycles. The summed E-state index contributed by atoms with van der Waals surface area (Å²) in [5.74, 6) is 0. The monoisotopic (exact) mass is 417 g/mol. The van der Waals surface area contributed by atoms with Gasteiger partial charge >= 0.3 is 0 Å². The molecular weight excluding hydrogens is 394 g/mol. The standard InChI is InChI=1S/C24H23N3O2S/c28-30(29,23-9-6-20(7-10-23)19-4-2-1-3-5-19)27-15-12-21-18-22(8-11-24(21)27)26-16-13-25-14-17-26/h1-12,15,18,25H,13-14,16-17H2. The number of nitrogens with zero attached hydrogens (tertiary/aromatic N) is 2. The van der Waals surface area contributed by atoms with Crippen LogP contribution in [-0.4, -0.2) is 38.6 Å². The predicted octanol–water partition coefficient (Wildman–Crippen LogP) is 3.95. The summed E-state index contributed by atoms with van der Waals surface area (Å²) in [5, 5.41) is 4.28. The Balaban J connectivity index is 1.48. The normalized spacial score (nSPS) is 14.9. The van der Waals surface area contributed by atoms with Gasteiger partial charge in [-0.2, -0.15) is 0 Å². The minimum absolute atomic E-state index is 0.283. The van der Waals surface area contributed by atoms with Gasteiger partial charge in [0.1, 0.15) is 0 Å². The second-order valence-electron chi connectivity index (χ2n) is 7.49. The van der Waals surface area contributed by atoms with E-state index in [9.17, 15) is 8.42 Å². The molecule has 0 unspecified atom stereocenters. The van der Waals surface area contributed by atoms with Gasteiger partial charge < -0.3 is 10.2 Å². The van der Waals surface area contributed by atoms with Gasteiger partial charge in [0, 0.05) is 43.4 Å². The molecule has 2 heterocycles. The third-order valence-electron chi connectivity index (χ3n) is 5.64. The Morgan fingerprint density at radius 2 is 1.47 bits per heavy atom. The Morgan fingerprint density at radius 1 is 0.767 bits per heavy atom. The summed E-state index contributed by atoms with van der Waals surface area (Å²) in [6, 6.07) is 24.9. The molecule has 1 aliphatic heterocycles. The lowest BCUT2D eigenvalue weighted by atomic mass is 10.1. The van der Waals surface area contributed by atoms with Crippen molar-refractivity contribution in [3.8, 4) is 11.1 Å². The highest BCUT2D eigenvalue weighted by Gasteiger charge is 2.20. The fraction of sp³-hybridized carbons (Fsp3) is 0.167. The maximum atomic E-state index is 13.3. The van der Waals surface area contributed by atoms with Crippen LogP contribution in [0.15, 0.2) is 90.0 Å². The van der Waals surface area contributed by atoms with Gasteiger partial charge in [0.05, 0.1) is 10.4 Å². The molecule has 5 rings (SSSR count). The van der Waals surface area contributed by atoms with E-state index >= 15 is 0 Å². The molecule has 152 valence electrons. The first-order valence-electron chi connectivity index (χ1n) is 10.1. The predicted molar refractivity (Wildman–Crippen MR) is 121 cm³/mol. The van der Waals surface area contributed by atoms with Gasteiger partial charge in [-0.25, -0.2) is 12.4 Å². The molecule has 1 fully saturated rings. The van der Waals surface area contributed by atoms with Crippen molar-refractivity contribution < 1.29 is 8.42 Å². The molecule has 0 amide bonds. The van der Waals surface area contributed by atoms with Crippen LogP contribution < -0.4 is 10.2 Å². The maximum absolute atomic E-state index is 13.3. The quantitative estimate of drug-likeness (QED) is 0.546. The third kappa shape index (κ3) is 3.38. The van der Waals surface area contributed by atoms with Gasteiger partial charge in [-0.05, 0) is 47.5 Å². The topological polar surface area (TPSA) is 54.3 Å². The van der Waals surface area contributed by atoms with E-state index in [4.69, 9.17) is 0 Å². The molecule has 1 aliphatic rings. The van der Waals surface area contributed by atoms with Crippen molar-refractivity contribution in [2.75, 3.05) is 31.1 Å². The number of aromatic nitrogens is 1. The van der Waals surface area contributed by atoms with Crippen LogP contribution in [0, 0.1) is 0 Å². The number of nitrogens with one attached hydrogen (secondary N) is 1. The van der Waals surface area contributed by atoms with Crippen molar-refractivity contribution in [1.82, 2.24) is 9.29 Å². The van der Waals surface area contributed by atoms with Crippen molar-refractivity contribution in [2.45, 2.75) is 4.90 Å². The minimum Gasteiger partial charge on any atom is -0.369 e. The number of benzene rings is 3. The minimum atomic E-state index is -3.67. The number of hydrogen-bond donors (Lipinski definition) is 1. The van der Waals surface area contributed by atoms with Crippen molar-refractivity contribution in [3.63, 3.8) is 0 Å². The van der Waals surface area contributed by atoms with E-state index in [1.54, 1.807) is 18.3 Å². The first-order chi connectivity index (χ1) is 14.6. The van der Waals surface area contributed by atoms with Gasteiger partial charge in [0.25, 0.3) is 10.0 Å². The summed E-state index contributed by atoms with van der Waals surface area (Å²) >= 11 is 0. The van der Waals surface area contributed by atoms with Crippen LogP contribution in [0.4, 0.5) is 5.69 Å². The van der Waals surface area contributed by atoms with E-state index < -0.39 is 10.0 Å². The molecule has 3 aromatic carbocycles. The Labute approximate surface area is 176 Å². The van der Waals surface area contributed by atoms with Gasteiger partial charge in [-0.3, -0.25) is 0 Å². The molecule has 6 heteroatoms. The highest BCUT2D eigenvalue weighted by Crippen LogP contribution is 2.28. The number of anilines is 1. The summed E-state index contributed by atoms with van der Waals surface area (Å²) in [4.78, 5) is 2.61. The Kier molecular flexibility index (Phi) is 4.81. The van der Waals surface area contributed by atoms with Crippen LogP contribution in [0.1, 0.15) is 0 Å². The number of fused-ring (bicyclic) bond motifs is 1. The van der Waals surface area contributed by atoms with Gasteiger partial charge in [-0.15, -0.1) is 0 Å². The van der Waals surface area contributed by atoms with Crippen LogP contribution in [0.2, 0.25) is 0 Å². The van der Waals surface area contributed by atoms with Crippen molar-refractivity contribution in [2.24, 2.45) is 0 Å². The first-order valence-corrected chi connectivity index (χ1v) is 11.5. The highest BCUT2D eigenvalue weighted by atomic mass is 32.2. The van der Waals surface area contributed by atoms with E-state index in [2.05, 4.69) is 16.3 Å². The lowest BCUT2D eigenvalue weighted by Gasteiger charge is -2.29. The third-order valence-corrected chi connectivity index (χ3v) is 7.34. The first kappa shape index (κ1) is 18.9. The Bertz CT molecular complexity index is 1270. The summed E-state index contributed by atoms with van der Waals surface area (Å²) in [5.41, 5.74) is 3.88. The average Bonchev–Trinajstić information content (AvgIpc) is 3.24. The molecule has 0 bridgehead atoms. The zero-order chi connectivity index (χ0) is 20.6.